The van der Waals surface area contributed by atoms with Crippen molar-refractivity contribution < 1.29 is 26.4 Å². The van der Waals surface area contributed by atoms with E-state index in [1.807, 2.05) is 0 Å². The van der Waals surface area contributed by atoms with E-state index in [9.17, 15) is 26.4 Å². The van der Waals surface area contributed by atoms with Gasteiger partial charge in [0.05, 0.1) is 22.3 Å². The number of halogens is 3. The number of alkyl halides is 3. The fraction of sp³-hybridized carbons (Fsp3) is 0.200. The molecule has 0 unspecified atom stereocenters. The zero-order valence-corrected chi connectivity index (χ0v) is 17.6. The predicted octanol–water partition coefficient (Wildman–Crippen LogP) is 3.70. The number of hydrogen-bond acceptors (Lipinski definition) is 4. The molecule has 1 heterocycles. The largest absolute Gasteiger partial charge is 0.434 e. The molecule has 0 aliphatic rings. The van der Waals surface area contributed by atoms with Gasteiger partial charge < -0.3 is 5.32 Å². The Morgan fingerprint density at radius 2 is 1.74 bits per heavy atom. The number of anilines is 1. The van der Waals surface area contributed by atoms with Gasteiger partial charge in [-0.3, -0.25) is 4.79 Å². The minimum atomic E-state index is -4.86. The van der Waals surface area contributed by atoms with Crippen molar-refractivity contribution in [2.75, 3.05) is 19.4 Å². The molecule has 0 aliphatic carbocycles. The van der Waals surface area contributed by atoms with Gasteiger partial charge in [0.25, 0.3) is 5.91 Å². The van der Waals surface area contributed by atoms with Gasteiger partial charge >= 0.3 is 6.18 Å². The molecule has 1 N–H and O–H groups in total. The van der Waals surface area contributed by atoms with Crippen LogP contribution in [0.3, 0.4) is 0 Å². The summed E-state index contributed by atoms with van der Waals surface area (Å²) in [4.78, 5) is 12.5. The van der Waals surface area contributed by atoms with Crippen molar-refractivity contribution in [1.82, 2.24) is 14.1 Å². The Morgan fingerprint density at radius 3 is 2.32 bits per heavy atom. The van der Waals surface area contributed by atoms with Crippen molar-refractivity contribution in [3.63, 3.8) is 0 Å². The summed E-state index contributed by atoms with van der Waals surface area (Å²) >= 11 is 0. The highest BCUT2D eigenvalue weighted by molar-refractivity contribution is 7.89. The summed E-state index contributed by atoms with van der Waals surface area (Å²) in [5, 5.41) is 6.08. The maximum absolute atomic E-state index is 13.8. The summed E-state index contributed by atoms with van der Waals surface area (Å²) in [5.74, 6) is -1.06. The van der Waals surface area contributed by atoms with Crippen molar-refractivity contribution >= 4 is 21.6 Å². The van der Waals surface area contributed by atoms with Gasteiger partial charge in [-0.1, -0.05) is 23.8 Å². The van der Waals surface area contributed by atoms with Crippen molar-refractivity contribution in [2.24, 2.45) is 0 Å². The summed E-state index contributed by atoms with van der Waals surface area (Å²) < 4.78 is 67.5. The third-order valence-corrected chi connectivity index (χ3v) is 6.24. The summed E-state index contributed by atoms with van der Waals surface area (Å²) in [6.45, 7) is 1.79. The van der Waals surface area contributed by atoms with Crippen LogP contribution in [0.4, 0.5) is 18.9 Å². The summed E-state index contributed by atoms with van der Waals surface area (Å²) in [7, 11) is -1.10. The molecule has 3 rings (SSSR count). The first-order valence-corrected chi connectivity index (χ1v) is 10.4. The molecule has 164 valence electrons. The van der Waals surface area contributed by atoms with E-state index in [1.165, 1.54) is 50.5 Å². The normalized spacial score (nSPS) is 12.2. The number of rotatable bonds is 5. The van der Waals surface area contributed by atoms with Gasteiger partial charge in [-0.25, -0.2) is 17.4 Å². The van der Waals surface area contributed by atoms with Crippen LogP contribution in [0.5, 0.6) is 0 Å². The second kappa shape index (κ2) is 8.16. The number of carbonyl (C=O) groups is 1. The molecule has 0 atom stereocenters. The van der Waals surface area contributed by atoms with Crippen LogP contribution in [-0.4, -0.2) is 42.5 Å². The van der Waals surface area contributed by atoms with E-state index in [0.29, 0.717) is 4.68 Å². The van der Waals surface area contributed by atoms with E-state index in [2.05, 4.69) is 10.4 Å². The highest BCUT2D eigenvalue weighted by Gasteiger charge is 2.40. The molecule has 0 saturated heterocycles. The van der Waals surface area contributed by atoms with Crippen LogP contribution in [0.2, 0.25) is 0 Å². The third-order valence-electron chi connectivity index (χ3n) is 4.43. The molecule has 11 heteroatoms. The minimum Gasteiger partial charge on any atom is -0.322 e. The van der Waals surface area contributed by atoms with Crippen molar-refractivity contribution in [1.29, 1.82) is 0 Å². The van der Waals surface area contributed by atoms with Gasteiger partial charge in [0.15, 0.2) is 5.69 Å². The Kier molecular flexibility index (Phi) is 5.92. The zero-order valence-electron chi connectivity index (χ0n) is 16.8. The first kappa shape index (κ1) is 22.5. The van der Waals surface area contributed by atoms with Crippen molar-refractivity contribution in [3.05, 3.63) is 71.5 Å². The Bertz CT molecular complexity index is 1220. The molecular formula is C20H19F3N4O3S. The maximum atomic E-state index is 13.8. The van der Waals surface area contributed by atoms with E-state index < -0.39 is 33.4 Å². The Morgan fingerprint density at radius 1 is 1.10 bits per heavy atom. The lowest BCUT2D eigenvalue weighted by atomic mass is 10.2. The van der Waals surface area contributed by atoms with Gasteiger partial charge in [0, 0.05) is 19.8 Å². The van der Waals surface area contributed by atoms with Crippen molar-refractivity contribution in [3.8, 4) is 5.69 Å². The molecule has 0 spiro atoms. The molecule has 1 aromatic heterocycles. The number of nitrogens with zero attached hydrogens (tertiary/aromatic N) is 3. The van der Waals surface area contributed by atoms with Gasteiger partial charge in [-0.15, -0.1) is 0 Å². The molecule has 0 radical (unpaired) electrons. The van der Waals surface area contributed by atoms with E-state index in [4.69, 9.17) is 0 Å². The Labute approximate surface area is 177 Å². The fourth-order valence-corrected chi connectivity index (χ4v) is 3.76. The Balaban J connectivity index is 1.99. The lowest BCUT2D eigenvalue weighted by Crippen LogP contribution is -2.23. The Hall–Kier alpha value is -3.18. The second-order valence-corrected chi connectivity index (χ2v) is 9.07. The monoisotopic (exact) mass is 452 g/mol. The van der Waals surface area contributed by atoms with E-state index in [-0.39, 0.29) is 16.3 Å². The molecule has 0 aliphatic heterocycles. The number of carbonyl (C=O) groups excluding carboxylic acids is 1. The molecule has 31 heavy (non-hydrogen) atoms. The number of hydrogen-bond donors (Lipinski definition) is 1. The number of aromatic nitrogens is 2. The van der Waals surface area contributed by atoms with Crippen molar-refractivity contribution in [2.45, 2.75) is 18.0 Å². The van der Waals surface area contributed by atoms with Crippen LogP contribution < -0.4 is 5.32 Å². The van der Waals surface area contributed by atoms with Crippen LogP contribution in [0.1, 0.15) is 21.6 Å². The molecule has 0 saturated carbocycles. The molecular weight excluding hydrogens is 433 g/mol. The summed E-state index contributed by atoms with van der Waals surface area (Å²) in [6, 6.07) is 11.5. The predicted molar refractivity (Wildman–Crippen MR) is 109 cm³/mol. The standard InChI is InChI=1S/C20H19F3N4O3S/c1-13-7-9-15(10-8-13)27-18(20(21,22)23)17(12-24-27)19(28)25-14-5-4-6-16(11-14)31(29,30)26(2)3/h4-12H,1-3H3,(H,25,28). The molecule has 3 aromatic rings. The maximum Gasteiger partial charge on any atom is 0.434 e. The summed E-state index contributed by atoms with van der Waals surface area (Å²) in [6.07, 6.45) is -4.03. The first-order valence-electron chi connectivity index (χ1n) is 8.97. The molecule has 0 fully saturated rings. The third kappa shape index (κ3) is 4.62. The van der Waals surface area contributed by atoms with E-state index in [1.54, 1.807) is 19.1 Å². The second-order valence-electron chi connectivity index (χ2n) is 6.92. The topological polar surface area (TPSA) is 84.3 Å². The number of nitrogens with one attached hydrogen (secondary N) is 1. The molecule has 1 amide bonds. The summed E-state index contributed by atoms with van der Waals surface area (Å²) in [5.41, 5.74) is -0.880. The minimum absolute atomic E-state index is 0.0316. The van der Waals surface area contributed by atoms with Crippen LogP contribution in [-0.2, 0) is 16.2 Å². The number of aryl methyl sites for hydroxylation is 1. The first-order chi connectivity index (χ1) is 14.4. The van der Waals surface area contributed by atoms with Crippen LogP contribution in [0, 0.1) is 6.92 Å². The van der Waals surface area contributed by atoms with Gasteiger partial charge in [0.2, 0.25) is 10.0 Å². The van der Waals surface area contributed by atoms with E-state index >= 15 is 0 Å². The number of sulfonamides is 1. The van der Waals surface area contributed by atoms with Gasteiger partial charge in [0.1, 0.15) is 0 Å². The lowest BCUT2D eigenvalue weighted by molar-refractivity contribution is -0.143. The smallest absolute Gasteiger partial charge is 0.322 e. The quantitative estimate of drug-likeness (QED) is 0.640. The highest BCUT2D eigenvalue weighted by atomic mass is 32.2. The molecule has 2 aromatic carbocycles. The van der Waals surface area contributed by atoms with Gasteiger partial charge in [-0.2, -0.15) is 18.3 Å². The van der Waals surface area contributed by atoms with E-state index in [0.717, 1.165) is 16.1 Å². The molecule has 0 bridgehead atoms. The average Bonchev–Trinajstić information content (AvgIpc) is 3.14. The molecule has 7 nitrogen and oxygen atoms in total. The zero-order chi connectivity index (χ0) is 23.0. The van der Waals surface area contributed by atoms with Gasteiger partial charge in [-0.05, 0) is 37.3 Å². The van der Waals surface area contributed by atoms with Crippen LogP contribution >= 0.6 is 0 Å². The van der Waals surface area contributed by atoms with Crippen LogP contribution in [0.15, 0.2) is 59.6 Å². The highest BCUT2D eigenvalue weighted by Crippen LogP contribution is 2.34. The fourth-order valence-electron chi connectivity index (χ4n) is 2.81. The SMILES string of the molecule is Cc1ccc(-n2ncc(C(=O)Nc3cccc(S(=O)(=O)N(C)C)c3)c2C(F)(F)F)cc1. The number of benzene rings is 2. The number of amides is 1. The lowest BCUT2D eigenvalue weighted by Gasteiger charge is -2.14. The van der Waals surface area contributed by atoms with Crippen LogP contribution in [0.25, 0.3) is 5.69 Å². The average molecular weight is 452 g/mol.